The molecule has 0 bridgehead atoms. The fourth-order valence-corrected chi connectivity index (χ4v) is 3.57. The van der Waals surface area contributed by atoms with E-state index in [4.69, 9.17) is 29.3 Å². The van der Waals surface area contributed by atoms with Gasteiger partial charge in [0.25, 0.3) is 0 Å². The van der Waals surface area contributed by atoms with Crippen molar-refractivity contribution in [3.63, 3.8) is 0 Å². The summed E-state index contributed by atoms with van der Waals surface area (Å²) in [4.78, 5) is 44.4. The first-order valence-corrected chi connectivity index (χ1v) is 13.6. The molecular formula is C30H33N3O9. The number of nitrogens with zero attached hydrogens (tertiary/aromatic N) is 3. The molecule has 4 aromatic rings. The molecule has 222 valence electrons. The van der Waals surface area contributed by atoms with Crippen molar-refractivity contribution in [1.29, 1.82) is 0 Å². The zero-order valence-corrected chi connectivity index (χ0v) is 23.6. The summed E-state index contributed by atoms with van der Waals surface area (Å²) in [5, 5.41) is 32.4. The SMILES string of the molecule is CCCOOc1ccc(-c2nc(-c3ccc(OOCCC)cc3O)nc(-c3ccc(OOCCC)cc3O)n2)c(O)c1. The number of aromatic nitrogens is 3. The van der Waals surface area contributed by atoms with E-state index in [-0.39, 0.29) is 68.7 Å². The molecule has 0 fully saturated rings. The number of hydrogen-bond donors (Lipinski definition) is 3. The molecule has 1 heterocycles. The lowest BCUT2D eigenvalue weighted by Gasteiger charge is -2.12. The molecule has 3 aromatic carbocycles. The summed E-state index contributed by atoms with van der Waals surface area (Å²) in [6, 6.07) is 13.6. The standard InChI is InChI=1S/C30H33N3O9/c1-4-13-37-40-19-7-10-22(25(34)16-19)28-31-29(23-11-8-20(17-26(23)35)41-38-14-5-2)33-30(32-28)24-12-9-21(18-27(24)36)42-39-15-6-3/h7-12,16-18,34-36H,4-6,13-15H2,1-3H3. The van der Waals surface area contributed by atoms with Crippen LogP contribution >= 0.6 is 0 Å². The van der Waals surface area contributed by atoms with Crippen LogP contribution in [0.2, 0.25) is 0 Å². The molecule has 0 amide bonds. The van der Waals surface area contributed by atoms with Gasteiger partial charge in [0.2, 0.25) is 0 Å². The van der Waals surface area contributed by atoms with Crippen LogP contribution in [0.25, 0.3) is 34.2 Å². The van der Waals surface area contributed by atoms with Crippen LogP contribution in [0.1, 0.15) is 40.0 Å². The zero-order valence-electron chi connectivity index (χ0n) is 23.6. The van der Waals surface area contributed by atoms with Gasteiger partial charge in [0.1, 0.15) is 17.2 Å². The van der Waals surface area contributed by atoms with Gasteiger partial charge in [-0.1, -0.05) is 20.8 Å². The van der Waals surface area contributed by atoms with E-state index in [1.807, 2.05) is 20.8 Å². The number of phenolic OH excluding ortho intramolecular Hbond substituents is 3. The largest absolute Gasteiger partial charge is 0.507 e. The molecule has 0 spiro atoms. The van der Waals surface area contributed by atoms with Gasteiger partial charge in [-0.3, -0.25) is 0 Å². The van der Waals surface area contributed by atoms with Gasteiger partial charge >= 0.3 is 0 Å². The Balaban J connectivity index is 1.76. The first kappa shape index (κ1) is 30.3. The minimum Gasteiger partial charge on any atom is -0.507 e. The van der Waals surface area contributed by atoms with Crippen molar-refractivity contribution in [2.24, 2.45) is 0 Å². The molecule has 3 N–H and O–H groups in total. The number of aromatic hydroxyl groups is 3. The minimum absolute atomic E-state index is 0.0746. The van der Waals surface area contributed by atoms with Gasteiger partial charge in [-0.2, -0.15) is 14.7 Å². The lowest BCUT2D eigenvalue weighted by molar-refractivity contribution is -0.206. The highest BCUT2D eigenvalue weighted by Crippen LogP contribution is 2.37. The fraction of sp³-hybridized carbons (Fsp3) is 0.300. The molecule has 0 radical (unpaired) electrons. The Morgan fingerprint density at radius 1 is 0.476 bits per heavy atom. The smallest absolute Gasteiger partial charge is 0.169 e. The summed E-state index contributed by atoms with van der Waals surface area (Å²) < 4.78 is 0. The van der Waals surface area contributed by atoms with Gasteiger partial charge in [-0.15, -0.1) is 0 Å². The quantitative estimate of drug-likeness (QED) is 0.0840. The van der Waals surface area contributed by atoms with E-state index in [2.05, 4.69) is 15.0 Å². The third-order valence-electron chi connectivity index (χ3n) is 5.59. The van der Waals surface area contributed by atoms with Gasteiger partial charge in [0.05, 0.1) is 36.5 Å². The predicted molar refractivity (Wildman–Crippen MR) is 152 cm³/mol. The van der Waals surface area contributed by atoms with Crippen LogP contribution < -0.4 is 14.7 Å². The molecular weight excluding hydrogens is 546 g/mol. The van der Waals surface area contributed by atoms with E-state index in [0.717, 1.165) is 19.3 Å². The molecule has 0 saturated carbocycles. The Kier molecular flexibility index (Phi) is 10.7. The van der Waals surface area contributed by atoms with E-state index >= 15 is 0 Å². The van der Waals surface area contributed by atoms with Crippen LogP contribution in [0.3, 0.4) is 0 Å². The molecule has 0 saturated heterocycles. The summed E-state index contributed by atoms with van der Waals surface area (Å²) >= 11 is 0. The first-order valence-electron chi connectivity index (χ1n) is 13.6. The minimum atomic E-state index is -0.183. The zero-order chi connectivity index (χ0) is 29.9. The van der Waals surface area contributed by atoms with Crippen LogP contribution in [-0.2, 0) is 14.7 Å². The number of rotatable bonds is 15. The van der Waals surface area contributed by atoms with Crippen molar-refractivity contribution in [3.8, 4) is 68.7 Å². The molecule has 12 nitrogen and oxygen atoms in total. The fourth-order valence-electron chi connectivity index (χ4n) is 3.57. The van der Waals surface area contributed by atoms with Crippen LogP contribution in [-0.4, -0.2) is 50.1 Å². The molecule has 12 heteroatoms. The Labute approximate surface area is 242 Å². The topological polar surface area (TPSA) is 155 Å². The van der Waals surface area contributed by atoms with Crippen molar-refractivity contribution >= 4 is 0 Å². The second-order valence-electron chi connectivity index (χ2n) is 9.06. The summed E-state index contributed by atoms with van der Waals surface area (Å²) in [5.74, 6) is 0.540. The number of phenols is 3. The maximum atomic E-state index is 10.8. The van der Waals surface area contributed by atoms with E-state index in [0.29, 0.717) is 19.8 Å². The third-order valence-corrected chi connectivity index (χ3v) is 5.59. The predicted octanol–water partition coefficient (Wildman–Crippen LogP) is 6.15. The molecule has 42 heavy (non-hydrogen) atoms. The van der Waals surface area contributed by atoms with Crippen molar-refractivity contribution < 1.29 is 44.6 Å². The van der Waals surface area contributed by atoms with Gasteiger partial charge in [0, 0.05) is 18.2 Å². The highest BCUT2D eigenvalue weighted by molar-refractivity contribution is 5.74. The van der Waals surface area contributed by atoms with Crippen LogP contribution in [0.15, 0.2) is 54.6 Å². The van der Waals surface area contributed by atoms with Crippen LogP contribution in [0.5, 0.6) is 34.5 Å². The van der Waals surface area contributed by atoms with Gasteiger partial charge in [-0.05, 0) is 55.7 Å². The summed E-state index contributed by atoms with van der Waals surface area (Å²) in [6.07, 6.45) is 2.29. The lowest BCUT2D eigenvalue weighted by atomic mass is 10.1. The summed E-state index contributed by atoms with van der Waals surface area (Å²) in [6.45, 7) is 6.99. The normalized spacial score (nSPS) is 10.9. The number of hydrogen-bond acceptors (Lipinski definition) is 12. The molecule has 0 aliphatic carbocycles. The highest BCUT2D eigenvalue weighted by atomic mass is 17.2. The van der Waals surface area contributed by atoms with Crippen LogP contribution in [0.4, 0.5) is 0 Å². The molecule has 0 aliphatic heterocycles. The van der Waals surface area contributed by atoms with Crippen molar-refractivity contribution in [2.45, 2.75) is 40.0 Å². The molecule has 0 aliphatic rings. The van der Waals surface area contributed by atoms with Crippen molar-refractivity contribution in [3.05, 3.63) is 54.6 Å². The van der Waals surface area contributed by atoms with Crippen LogP contribution in [0, 0.1) is 0 Å². The summed E-state index contributed by atoms with van der Waals surface area (Å²) in [5.41, 5.74) is 0.757. The monoisotopic (exact) mass is 579 g/mol. The molecule has 1 aromatic heterocycles. The van der Waals surface area contributed by atoms with Crippen molar-refractivity contribution in [1.82, 2.24) is 15.0 Å². The lowest BCUT2D eigenvalue weighted by Crippen LogP contribution is -2.02. The molecule has 0 unspecified atom stereocenters. The van der Waals surface area contributed by atoms with Gasteiger partial charge < -0.3 is 30.0 Å². The highest BCUT2D eigenvalue weighted by Gasteiger charge is 2.19. The molecule has 4 rings (SSSR count). The van der Waals surface area contributed by atoms with Gasteiger partial charge in [-0.25, -0.2) is 15.0 Å². The first-order chi connectivity index (χ1) is 20.4. The average molecular weight is 580 g/mol. The Morgan fingerprint density at radius 2 is 0.762 bits per heavy atom. The Bertz CT molecular complexity index is 1300. The second-order valence-corrected chi connectivity index (χ2v) is 9.06. The van der Waals surface area contributed by atoms with Gasteiger partial charge in [0.15, 0.2) is 34.7 Å². The third kappa shape index (κ3) is 7.75. The van der Waals surface area contributed by atoms with E-state index in [9.17, 15) is 15.3 Å². The Hall–Kier alpha value is -4.65. The van der Waals surface area contributed by atoms with E-state index in [1.54, 1.807) is 36.4 Å². The van der Waals surface area contributed by atoms with E-state index < -0.39 is 0 Å². The van der Waals surface area contributed by atoms with E-state index in [1.165, 1.54) is 18.2 Å². The number of benzene rings is 3. The Morgan fingerprint density at radius 3 is 1.00 bits per heavy atom. The molecule has 0 atom stereocenters. The summed E-state index contributed by atoms with van der Waals surface area (Å²) in [7, 11) is 0. The average Bonchev–Trinajstić information content (AvgIpc) is 2.97. The maximum Gasteiger partial charge on any atom is 0.169 e. The maximum absolute atomic E-state index is 10.8. The second kappa shape index (κ2) is 14.8. The van der Waals surface area contributed by atoms with Crippen molar-refractivity contribution in [2.75, 3.05) is 19.8 Å².